The molecule has 4 rings (SSSR count). The van der Waals surface area contributed by atoms with Crippen LogP contribution in [0.25, 0.3) is 22.2 Å². The number of phenols is 1. The Morgan fingerprint density at radius 3 is 2.72 bits per heavy atom. The zero-order valence-corrected chi connectivity index (χ0v) is 16.6. The van der Waals surface area contributed by atoms with Gasteiger partial charge in [-0.15, -0.1) is 11.3 Å². The van der Waals surface area contributed by atoms with E-state index < -0.39 is 0 Å². The number of hydrazone groups is 1. The highest BCUT2D eigenvalue weighted by Crippen LogP contribution is 2.30. The van der Waals surface area contributed by atoms with Gasteiger partial charge in [0, 0.05) is 20.7 Å². The Morgan fingerprint density at radius 2 is 1.93 bits per heavy atom. The Bertz CT molecular complexity index is 1210. The van der Waals surface area contributed by atoms with Crippen molar-refractivity contribution in [2.24, 2.45) is 5.10 Å². The average Bonchev–Trinajstić information content (AvgIpc) is 3.21. The summed E-state index contributed by atoms with van der Waals surface area (Å²) in [5.74, 6) is -0.215. The highest BCUT2D eigenvalue weighted by Gasteiger charge is 2.15. The number of carbonyl (C=O) groups is 1. The summed E-state index contributed by atoms with van der Waals surface area (Å²) in [7, 11) is 0. The molecule has 2 heterocycles. The molecule has 6 heteroatoms. The molecule has 1 amide bonds. The van der Waals surface area contributed by atoms with Gasteiger partial charge in [0.2, 0.25) is 0 Å². The van der Waals surface area contributed by atoms with Crippen molar-refractivity contribution in [3.05, 3.63) is 82.0 Å². The van der Waals surface area contributed by atoms with Gasteiger partial charge in [-0.1, -0.05) is 37.3 Å². The van der Waals surface area contributed by atoms with E-state index in [1.165, 1.54) is 4.88 Å². The van der Waals surface area contributed by atoms with Crippen molar-refractivity contribution < 1.29 is 9.90 Å². The molecule has 0 spiro atoms. The number of carbonyl (C=O) groups excluding carboxylic acids is 1. The lowest BCUT2D eigenvalue weighted by Crippen LogP contribution is -2.18. The highest BCUT2D eigenvalue weighted by atomic mass is 32.1. The lowest BCUT2D eigenvalue weighted by molar-refractivity contribution is 0.0956. The minimum atomic E-state index is -0.330. The molecular weight excluding hydrogens is 382 g/mol. The number of aromatic hydroxyl groups is 1. The molecule has 0 aliphatic heterocycles. The van der Waals surface area contributed by atoms with E-state index in [0.29, 0.717) is 22.3 Å². The third kappa shape index (κ3) is 4.02. The Morgan fingerprint density at radius 1 is 1.14 bits per heavy atom. The van der Waals surface area contributed by atoms with Crippen LogP contribution in [0.2, 0.25) is 0 Å². The van der Waals surface area contributed by atoms with E-state index in [-0.39, 0.29) is 11.7 Å². The summed E-state index contributed by atoms with van der Waals surface area (Å²) < 4.78 is 0. The molecule has 29 heavy (non-hydrogen) atoms. The molecular formula is C23H19N3O2S. The first-order valence-corrected chi connectivity index (χ1v) is 10.1. The number of nitrogens with zero attached hydrogens (tertiary/aromatic N) is 2. The maximum absolute atomic E-state index is 12.9. The van der Waals surface area contributed by atoms with Crippen LogP contribution in [0.5, 0.6) is 5.75 Å². The molecule has 144 valence electrons. The summed E-state index contributed by atoms with van der Waals surface area (Å²) in [6, 6.07) is 20.1. The summed E-state index contributed by atoms with van der Waals surface area (Å²) in [6.45, 7) is 2.10. The number of pyridine rings is 1. The van der Waals surface area contributed by atoms with Gasteiger partial charge in [0.15, 0.2) is 0 Å². The SMILES string of the molecule is CCc1ccc(/C=N/NC(=O)c2cc(-c3ccccc3O)nc3ccccc23)s1. The monoisotopic (exact) mass is 401 g/mol. The van der Waals surface area contributed by atoms with Crippen molar-refractivity contribution in [2.45, 2.75) is 13.3 Å². The van der Waals surface area contributed by atoms with Gasteiger partial charge in [0.1, 0.15) is 5.75 Å². The van der Waals surface area contributed by atoms with Crippen molar-refractivity contribution in [3.8, 4) is 17.0 Å². The predicted molar refractivity (Wildman–Crippen MR) is 118 cm³/mol. The first kappa shape index (κ1) is 18.8. The number of aryl methyl sites for hydroxylation is 1. The fourth-order valence-electron chi connectivity index (χ4n) is 3.06. The van der Waals surface area contributed by atoms with Crippen LogP contribution in [0.4, 0.5) is 0 Å². The van der Waals surface area contributed by atoms with Crippen molar-refractivity contribution in [3.63, 3.8) is 0 Å². The number of hydrogen-bond acceptors (Lipinski definition) is 5. The van der Waals surface area contributed by atoms with Crippen LogP contribution in [-0.4, -0.2) is 22.2 Å². The molecule has 4 aromatic rings. The molecule has 0 saturated heterocycles. The molecule has 0 atom stereocenters. The largest absolute Gasteiger partial charge is 0.507 e. The quantitative estimate of drug-likeness (QED) is 0.365. The first-order chi connectivity index (χ1) is 14.2. The lowest BCUT2D eigenvalue weighted by atomic mass is 10.0. The predicted octanol–water partition coefficient (Wildman–Crippen LogP) is 5.00. The molecule has 0 aliphatic rings. The summed E-state index contributed by atoms with van der Waals surface area (Å²) in [6.07, 6.45) is 2.62. The zero-order chi connectivity index (χ0) is 20.2. The topological polar surface area (TPSA) is 74.6 Å². The van der Waals surface area contributed by atoms with Crippen LogP contribution in [0.3, 0.4) is 0 Å². The van der Waals surface area contributed by atoms with Gasteiger partial charge in [-0.25, -0.2) is 10.4 Å². The molecule has 0 radical (unpaired) electrons. The number of amides is 1. The van der Waals surface area contributed by atoms with Gasteiger partial charge >= 0.3 is 0 Å². The Kier molecular flexibility index (Phi) is 5.35. The number of rotatable bonds is 5. The number of phenolic OH excluding ortho intramolecular Hbond substituents is 1. The van der Waals surface area contributed by atoms with Gasteiger partial charge in [-0.2, -0.15) is 5.10 Å². The van der Waals surface area contributed by atoms with Crippen molar-refractivity contribution >= 4 is 34.4 Å². The van der Waals surface area contributed by atoms with Crippen molar-refractivity contribution in [1.82, 2.24) is 10.4 Å². The fraction of sp³-hybridized carbons (Fsp3) is 0.0870. The van der Waals surface area contributed by atoms with E-state index >= 15 is 0 Å². The summed E-state index contributed by atoms with van der Waals surface area (Å²) in [5, 5.41) is 15.0. The maximum Gasteiger partial charge on any atom is 0.272 e. The lowest BCUT2D eigenvalue weighted by Gasteiger charge is -2.10. The highest BCUT2D eigenvalue weighted by molar-refractivity contribution is 7.13. The van der Waals surface area contributed by atoms with Gasteiger partial charge < -0.3 is 5.11 Å². The van der Waals surface area contributed by atoms with Crippen molar-refractivity contribution in [2.75, 3.05) is 0 Å². The second-order valence-electron chi connectivity index (χ2n) is 6.45. The fourth-order valence-corrected chi connectivity index (χ4v) is 3.88. The van der Waals surface area contributed by atoms with Crippen LogP contribution in [-0.2, 0) is 6.42 Å². The summed E-state index contributed by atoms with van der Waals surface area (Å²) in [5.41, 5.74) is 4.83. The van der Waals surface area contributed by atoms with Gasteiger partial charge in [0.25, 0.3) is 5.91 Å². The van der Waals surface area contributed by atoms with Crippen LogP contribution >= 0.6 is 11.3 Å². The molecule has 0 saturated carbocycles. The van der Waals surface area contributed by atoms with Gasteiger partial charge in [-0.3, -0.25) is 4.79 Å². The second-order valence-corrected chi connectivity index (χ2v) is 7.65. The van der Waals surface area contributed by atoms with E-state index in [9.17, 15) is 9.90 Å². The van der Waals surface area contributed by atoms with E-state index in [4.69, 9.17) is 0 Å². The molecule has 0 unspecified atom stereocenters. The molecule has 2 aromatic carbocycles. The van der Waals surface area contributed by atoms with E-state index in [2.05, 4.69) is 28.5 Å². The number of hydrogen-bond donors (Lipinski definition) is 2. The standard InChI is InChI=1S/C23H19N3O2S/c1-2-15-11-12-16(29-15)14-24-26-23(28)19-13-21(18-8-4-6-10-22(18)27)25-20-9-5-3-7-17(19)20/h3-14,27H,2H2,1H3,(H,26,28)/b24-14+. The number of aromatic nitrogens is 1. The van der Waals surface area contributed by atoms with Gasteiger partial charge in [0.05, 0.1) is 23.0 Å². The van der Waals surface area contributed by atoms with E-state index in [0.717, 1.165) is 16.7 Å². The zero-order valence-electron chi connectivity index (χ0n) is 15.8. The van der Waals surface area contributed by atoms with Crippen molar-refractivity contribution in [1.29, 1.82) is 0 Å². The third-order valence-corrected chi connectivity index (χ3v) is 5.69. The minimum absolute atomic E-state index is 0.115. The number of fused-ring (bicyclic) bond motifs is 1. The number of nitrogens with one attached hydrogen (secondary N) is 1. The summed E-state index contributed by atoms with van der Waals surface area (Å²) in [4.78, 5) is 19.7. The average molecular weight is 401 g/mol. The molecule has 2 aromatic heterocycles. The maximum atomic E-state index is 12.9. The number of benzene rings is 2. The molecule has 0 bridgehead atoms. The Balaban J connectivity index is 1.68. The van der Waals surface area contributed by atoms with E-state index in [1.807, 2.05) is 36.4 Å². The Hall–Kier alpha value is -3.51. The smallest absolute Gasteiger partial charge is 0.272 e. The van der Waals surface area contributed by atoms with Gasteiger partial charge in [-0.05, 0) is 42.8 Å². The van der Waals surface area contributed by atoms with Crippen LogP contribution < -0.4 is 5.43 Å². The van der Waals surface area contributed by atoms with Crippen LogP contribution in [0.15, 0.2) is 71.8 Å². The van der Waals surface area contributed by atoms with Crippen LogP contribution in [0.1, 0.15) is 27.0 Å². The molecule has 0 aliphatic carbocycles. The molecule has 0 fully saturated rings. The number of thiophene rings is 1. The normalized spacial score (nSPS) is 11.2. The minimum Gasteiger partial charge on any atom is -0.507 e. The first-order valence-electron chi connectivity index (χ1n) is 9.26. The number of para-hydroxylation sites is 2. The third-order valence-electron chi connectivity index (χ3n) is 4.53. The van der Waals surface area contributed by atoms with Crippen LogP contribution in [0, 0.1) is 0 Å². The summed E-state index contributed by atoms with van der Waals surface area (Å²) >= 11 is 1.65. The van der Waals surface area contributed by atoms with E-state index in [1.54, 1.807) is 41.8 Å². The molecule has 2 N–H and O–H groups in total. The second kappa shape index (κ2) is 8.24. The Labute approximate surface area is 172 Å². The molecule has 5 nitrogen and oxygen atoms in total.